The molecule has 1 amide bonds. The molecule has 2 nitrogen and oxygen atoms in total. The van der Waals surface area contributed by atoms with Crippen molar-refractivity contribution in [2.45, 2.75) is 32.6 Å². The van der Waals surface area contributed by atoms with Crippen molar-refractivity contribution < 1.29 is 4.79 Å². The molecular weight excluding hydrogens is 138 g/mol. The van der Waals surface area contributed by atoms with Crippen LogP contribution in [0.1, 0.15) is 32.6 Å². The minimum absolute atomic E-state index is 0.861. The van der Waals surface area contributed by atoms with Gasteiger partial charge in [0.15, 0.2) is 0 Å². The topological polar surface area (TPSA) is 20.3 Å². The zero-order valence-corrected chi connectivity index (χ0v) is 7.25. The average molecular weight is 155 g/mol. The lowest BCUT2D eigenvalue weighted by Gasteiger charge is -2.13. The Bertz CT molecular complexity index is 125. The Labute approximate surface area is 68.6 Å². The van der Waals surface area contributed by atoms with E-state index in [2.05, 4.69) is 6.92 Å². The highest BCUT2D eigenvalue weighted by molar-refractivity contribution is 5.46. The second-order valence-corrected chi connectivity index (χ2v) is 3.35. The van der Waals surface area contributed by atoms with Crippen molar-refractivity contribution in [2.75, 3.05) is 13.1 Å². The van der Waals surface area contributed by atoms with Gasteiger partial charge in [0.1, 0.15) is 0 Å². The van der Waals surface area contributed by atoms with Crippen LogP contribution in [0.25, 0.3) is 0 Å². The number of rotatable bonds is 2. The van der Waals surface area contributed by atoms with Crippen molar-refractivity contribution in [2.24, 2.45) is 5.92 Å². The molecule has 0 bridgehead atoms. The van der Waals surface area contributed by atoms with E-state index in [0.29, 0.717) is 0 Å². The fourth-order valence-corrected chi connectivity index (χ4v) is 1.70. The summed E-state index contributed by atoms with van der Waals surface area (Å²) < 4.78 is 0. The molecule has 1 unspecified atom stereocenters. The van der Waals surface area contributed by atoms with E-state index in [0.717, 1.165) is 25.4 Å². The van der Waals surface area contributed by atoms with Gasteiger partial charge in [-0.3, -0.25) is 4.79 Å². The monoisotopic (exact) mass is 155 g/mol. The highest BCUT2D eigenvalue weighted by atomic mass is 16.1. The molecule has 1 fully saturated rings. The first-order valence-corrected chi connectivity index (χ1v) is 4.56. The third-order valence-electron chi connectivity index (χ3n) is 2.61. The zero-order chi connectivity index (χ0) is 8.10. The van der Waals surface area contributed by atoms with Gasteiger partial charge < -0.3 is 4.90 Å². The van der Waals surface area contributed by atoms with Gasteiger partial charge in [-0.2, -0.15) is 0 Å². The van der Waals surface area contributed by atoms with Gasteiger partial charge in [-0.05, 0) is 25.2 Å². The summed E-state index contributed by atoms with van der Waals surface area (Å²) in [6, 6.07) is 0. The van der Waals surface area contributed by atoms with Crippen LogP contribution in [-0.4, -0.2) is 24.4 Å². The summed E-state index contributed by atoms with van der Waals surface area (Å²) in [6.07, 6.45) is 5.96. The van der Waals surface area contributed by atoms with E-state index in [4.69, 9.17) is 0 Å². The maximum absolute atomic E-state index is 10.4. The summed E-state index contributed by atoms with van der Waals surface area (Å²) in [4.78, 5) is 12.3. The van der Waals surface area contributed by atoms with Gasteiger partial charge in [0.2, 0.25) is 6.41 Å². The van der Waals surface area contributed by atoms with Crippen LogP contribution in [-0.2, 0) is 4.79 Å². The van der Waals surface area contributed by atoms with Crippen LogP contribution in [0, 0.1) is 5.92 Å². The molecular formula is C9H17NO. The minimum Gasteiger partial charge on any atom is -0.345 e. The molecule has 1 heterocycles. The van der Waals surface area contributed by atoms with Gasteiger partial charge >= 0.3 is 0 Å². The van der Waals surface area contributed by atoms with Crippen LogP contribution < -0.4 is 0 Å². The lowest BCUT2D eigenvalue weighted by Crippen LogP contribution is -2.22. The SMILES string of the molecule is CCC1CCCN(C=O)CC1. The lowest BCUT2D eigenvalue weighted by atomic mass is 9.98. The minimum atomic E-state index is 0.861. The molecule has 11 heavy (non-hydrogen) atoms. The van der Waals surface area contributed by atoms with Crippen molar-refractivity contribution >= 4 is 6.41 Å². The van der Waals surface area contributed by atoms with E-state index < -0.39 is 0 Å². The van der Waals surface area contributed by atoms with Crippen LogP contribution >= 0.6 is 0 Å². The van der Waals surface area contributed by atoms with Crippen molar-refractivity contribution in [3.8, 4) is 0 Å². The molecule has 0 saturated carbocycles. The Kier molecular flexibility index (Phi) is 3.40. The van der Waals surface area contributed by atoms with Crippen LogP contribution in [0.2, 0.25) is 0 Å². The third kappa shape index (κ3) is 2.52. The zero-order valence-electron chi connectivity index (χ0n) is 7.25. The second-order valence-electron chi connectivity index (χ2n) is 3.35. The molecule has 0 aromatic carbocycles. The van der Waals surface area contributed by atoms with Gasteiger partial charge in [0.05, 0.1) is 0 Å². The first-order chi connectivity index (χ1) is 5.36. The number of carbonyl (C=O) groups is 1. The maximum Gasteiger partial charge on any atom is 0.209 e. The molecule has 1 atom stereocenters. The van der Waals surface area contributed by atoms with E-state index in [9.17, 15) is 4.79 Å². The maximum atomic E-state index is 10.4. The van der Waals surface area contributed by atoms with Crippen LogP contribution in [0.3, 0.4) is 0 Å². The Balaban J connectivity index is 2.32. The molecule has 1 saturated heterocycles. The molecule has 1 rings (SSSR count). The van der Waals surface area contributed by atoms with Crippen molar-refractivity contribution in [1.29, 1.82) is 0 Å². The third-order valence-corrected chi connectivity index (χ3v) is 2.61. The highest BCUT2D eigenvalue weighted by Crippen LogP contribution is 2.19. The first-order valence-electron chi connectivity index (χ1n) is 4.56. The molecule has 0 aromatic heterocycles. The molecule has 1 aliphatic rings. The lowest BCUT2D eigenvalue weighted by molar-refractivity contribution is -0.118. The summed E-state index contributed by atoms with van der Waals surface area (Å²) >= 11 is 0. The van der Waals surface area contributed by atoms with Gasteiger partial charge in [-0.25, -0.2) is 0 Å². The number of hydrogen-bond donors (Lipinski definition) is 0. The smallest absolute Gasteiger partial charge is 0.209 e. The molecule has 0 spiro atoms. The van der Waals surface area contributed by atoms with Crippen LogP contribution in [0.4, 0.5) is 0 Å². The Morgan fingerprint density at radius 1 is 1.45 bits per heavy atom. The molecule has 64 valence electrons. The van der Waals surface area contributed by atoms with E-state index in [1.807, 2.05) is 4.90 Å². The predicted octanol–water partition coefficient (Wildman–Crippen LogP) is 1.65. The summed E-state index contributed by atoms with van der Waals surface area (Å²) in [7, 11) is 0. The Morgan fingerprint density at radius 2 is 2.27 bits per heavy atom. The largest absolute Gasteiger partial charge is 0.345 e. The summed E-state index contributed by atoms with van der Waals surface area (Å²) in [5.41, 5.74) is 0. The predicted molar refractivity (Wildman–Crippen MR) is 45.3 cm³/mol. The normalized spacial score (nSPS) is 26.3. The van der Waals surface area contributed by atoms with Crippen LogP contribution in [0.15, 0.2) is 0 Å². The van der Waals surface area contributed by atoms with E-state index >= 15 is 0 Å². The number of amides is 1. The van der Waals surface area contributed by atoms with E-state index in [-0.39, 0.29) is 0 Å². The number of hydrogen-bond acceptors (Lipinski definition) is 1. The first kappa shape index (κ1) is 8.57. The molecule has 0 N–H and O–H groups in total. The number of likely N-dealkylation sites (tertiary alicyclic amines) is 1. The van der Waals surface area contributed by atoms with Crippen molar-refractivity contribution in [3.63, 3.8) is 0 Å². The van der Waals surface area contributed by atoms with Crippen molar-refractivity contribution in [1.82, 2.24) is 4.90 Å². The summed E-state index contributed by atoms with van der Waals surface area (Å²) in [5.74, 6) is 0.861. The fourth-order valence-electron chi connectivity index (χ4n) is 1.70. The molecule has 1 aliphatic heterocycles. The van der Waals surface area contributed by atoms with Gasteiger partial charge in [-0.15, -0.1) is 0 Å². The average Bonchev–Trinajstić information content (AvgIpc) is 2.28. The number of nitrogens with zero attached hydrogens (tertiary/aromatic N) is 1. The van der Waals surface area contributed by atoms with Crippen LogP contribution in [0.5, 0.6) is 0 Å². The standard InChI is InChI=1S/C9H17NO/c1-2-9-4-3-6-10(8-11)7-5-9/h8-9H,2-7H2,1H3. The Hall–Kier alpha value is -0.530. The van der Waals surface area contributed by atoms with Gasteiger partial charge in [-0.1, -0.05) is 13.3 Å². The second kappa shape index (κ2) is 4.37. The molecule has 0 radical (unpaired) electrons. The molecule has 0 aromatic rings. The fraction of sp³-hybridized carbons (Fsp3) is 0.889. The van der Waals surface area contributed by atoms with E-state index in [1.165, 1.54) is 25.7 Å². The highest BCUT2D eigenvalue weighted by Gasteiger charge is 2.13. The molecule has 0 aliphatic carbocycles. The quantitative estimate of drug-likeness (QED) is 0.555. The van der Waals surface area contributed by atoms with E-state index in [1.54, 1.807) is 0 Å². The Morgan fingerprint density at radius 3 is 2.91 bits per heavy atom. The van der Waals surface area contributed by atoms with Crippen molar-refractivity contribution in [3.05, 3.63) is 0 Å². The summed E-state index contributed by atoms with van der Waals surface area (Å²) in [5, 5.41) is 0. The number of carbonyl (C=O) groups excluding carboxylic acids is 1. The van der Waals surface area contributed by atoms with Gasteiger partial charge in [0.25, 0.3) is 0 Å². The van der Waals surface area contributed by atoms with Gasteiger partial charge in [0, 0.05) is 13.1 Å². The summed E-state index contributed by atoms with van der Waals surface area (Å²) in [6.45, 7) is 4.18. The molecule has 2 heteroatoms.